The minimum absolute atomic E-state index is 0.111. The maximum Gasteiger partial charge on any atom is 0.254 e. The van der Waals surface area contributed by atoms with Crippen molar-refractivity contribution >= 4 is 0 Å². The van der Waals surface area contributed by atoms with Gasteiger partial charge in [-0.3, -0.25) is 4.79 Å². The van der Waals surface area contributed by atoms with Gasteiger partial charge in [0.1, 0.15) is 11.6 Å². The van der Waals surface area contributed by atoms with E-state index in [9.17, 15) is 4.79 Å². The molecule has 110 valence electrons. The molecule has 2 aromatic rings. The van der Waals surface area contributed by atoms with Gasteiger partial charge >= 0.3 is 0 Å². The van der Waals surface area contributed by atoms with E-state index in [1.807, 2.05) is 24.3 Å². The molecule has 21 heavy (non-hydrogen) atoms. The predicted octanol–water partition coefficient (Wildman–Crippen LogP) is 3.74. The summed E-state index contributed by atoms with van der Waals surface area (Å²) in [7, 11) is 0. The molecule has 0 amide bonds. The molecule has 1 fully saturated rings. The third-order valence-corrected chi connectivity index (χ3v) is 3.64. The van der Waals surface area contributed by atoms with Crippen LogP contribution < -0.4 is 10.3 Å². The van der Waals surface area contributed by atoms with Crippen LogP contribution in [-0.4, -0.2) is 9.97 Å². The van der Waals surface area contributed by atoms with Crippen LogP contribution in [0.3, 0.4) is 0 Å². The topological polar surface area (TPSA) is 55.0 Å². The molecule has 0 bridgehead atoms. The number of aromatic nitrogens is 2. The third-order valence-electron chi connectivity index (χ3n) is 3.64. The minimum atomic E-state index is -0.159. The molecule has 1 aromatic heterocycles. The lowest BCUT2D eigenvalue weighted by molar-refractivity contribution is 0.456. The van der Waals surface area contributed by atoms with Crippen molar-refractivity contribution in [3.63, 3.8) is 0 Å². The van der Waals surface area contributed by atoms with Crippen LogP contribution in [-0.2, 0) is 5.41 Å². The normalized spacial score (nSPS) is 15.0. The summed E-state index contributed by atoms with van der Waals surface area (Å²) in [6, 6.07) is 9.32. The second-order valence-electron chi connectivity index (χ2n) is 6.62. The van der Waals surface area contributed by atoms with E-state index in [1.54, 1.807) is 0 Å². The predicted molar refractivity (Wildman–Crippen MR) is 82.0 cm³/mol. The first-order valence-electron chi connectivity index (χ1n) is 7.31. The van der Waals surface area contributed by atoms with Crippen molar-refractivity contribution in [1.29, 1.82) is 0 Å². The Kier molecular flexibility index (Phi) is 3.32. The average Bonchev–Trinajstić information content (AvgIpc) is 3.21. The van der Waals surface area contributed by atoms with E-state index in [2.05, 4.69) is 30.7 Å². The van der Waals surface area contributed by atoms with Crippen molar-refractivity contribution in [2.75, 3.05) is 0 Å². The van der Waals surface area contributed by atoms with E-state index in [0.29, 0.717) is 17.5 Å². The maximum atomic E-state index is 11.6. The lowest BCUT2D eigenvalue weighted by atomic mass is 9.87. The number of hydrogen-bond donors (Lipinski definition) is 1. The van der Waals surface area contributed by atoms with Gasteiger partial charge in [-0.25, -0.2) is 0 Å². The summed E-state index contributed by atoms with van der Waals surface area (Å²) in [5.74, 6) is 2.19. The Balaban J connectivity index is 1.81. The number of hydrogen-bond acceptors (Lipinski definition) is 3. The van der Waals surface area contributed by atoms with Crippen molar-refractivity contribution in [2.24, 2.45) is 0 Å². The maximum absolute atomic E-state index is 11.6. The summed E-state index contributed by atoms with van der Waals surface area (Å²) >= 11 is 0. The molecule has 1 aromatic carbocycles. The summed E-state index contributed by atoms with van der Waals surface area (Å²) in [6.07, 6.45) is 2.18. The first kappa shape index (κ1) is 13.9. The van der Waals surface area contributed by atoms with Gasteiger partial charge in [0.15, 0.2) is 0 Å². The third kappa shape index (κ3) is 3.32. The molecule has 0 unspecified atom stereocenters. The van der Waals surface area contributed by atoms with Crippen molar-refractivity contribution in [3.8, 4) is 11.6 Å². The molecule has 3 rings (SSSR count). The highest BCUT2D eigenvalue weighted by Crippen LogP contribution is 2.38. The van der Waals surface area contributed by atoms with Gasteiger partial charge in [-0.2, -0.15) is 4.98 Å². The number of nitrogens with one attached hydrogen (secondary N) is 1. The SMILES string of the molecule is CC(C)(C)c1ccc(Oc2cc(=O)[nH]c(C3CC3)n2)cc1. The lowest BCUT2D eigenvalue weighted by Crippen LogP contribution is -2.11. The summed E-state index contributed by atoms with van der Waals surface area (Å²) in [5.41, 5.74) is 1.19. The smallest absolute Gasteiger partial charge is 0.254 e. The largest absolute Gasteiger partial charge is 0.439 e. The van der Waals surface area contributed by atoms with E-state index in [4.69, 9.17) is 4.74 Å². The van der Waals surface area contributed by atoms with Crippen molar-refractivity contribution in [3.05, 3.63) is 52.1 Å². The Labute approximate surface area is 124 Å². The van der Waals surface area contributed by atoms with E-state index in [1.165, 1.54) is 11.6 Å². The molecule has 0 spiro atoms. The molecule has 0 radical (unpaired) electrons. The minimum Gasteiger partial charge on any atom is -0.439 e. The van der Waals surface area contributed by atoms with Gasteiger partial charge in [0.2, 0.25) is 5.88 Å². The molecular weight excluding hydrogens is 264 g/mol. The van der Waals surface area contributed by atoms with Gasteiger partial charge in [-0.15, -0.1) is 0 Å². The van der Waals surface area contributed by atoms with Crippen molar-refractivity contribution in [1.82, 2.24) is 9.97 Å². The van der Waals surface area contributed by atoms with Crippen molar-refractivity contribution < 1.29 is 4.74 Å². The van der Waals surface area contributed by atoms with E-state index in [0.717, 1.165) is 18.7 Å². The van der Waals surface area contributed by atoms with Gasteiger partial charge in [0.25, 0.3) is 5.56 Å². The van der Waals surface area contributed by atoms with Crippen LogP contribution in [0, 0.1) is 0 Å². The monoisotopic (exact) mass is 284 g/mol. The van der Waals surface area contributed by atoms with Gasteiger partial charge in [-0.1, -0.05) is 32.9 Å². The fraction of sp³-hybridized carbons (Fsp3) is 0.412. The molecule has 1 aliphatic rings. The van der Waals surface area contributed by atoms with Crippen LogP contribution in [0.1, 0.15) is 50.9 Å². The second kappa shape index (κ2) is 5.02. The molecule has 4 nitrogen and oxygen atoms in total. The number of ether oxygens (including phenoxy) is 1. The molecule has 1 heterocycles. The molecule has 1 aliphatic carbocycles. The highest BCUT2D eigenvalue weighted by Gasteiger charge is 2.26. The zero-order chi connectivity index (χ0) is 15.0. The first-order valence-corrected chi connectivity index (χ1v) is 7.31. The number of benzene rings is 1. The highest BCUT2D eigenvalue weighted by atomic mass is 16.5. The fourth-order valence-corrected chi connectivity index (χ4v) is 2.20. The van der Waals surface area contributed by atoms with Crippen LogP contribution in [0.4, 0.5) is 0 Å². The van der Waals surface area contributed by atoms with Gasteiger partial charge in [0.05, 0.1) is 6.07 Å². The van der Waals surface area contributed by atoms with Crippen LogP contribution in [0.2, 0.25) is 0 Å². The number of H-pyrrole nitrogens is 1. The van der Waals surface area contributed by atoms with Crippen LogP contribution in [0.15, 0.2) is 35.1 Å². The molecule has 0 atom stereocenters. The number of rotatable bonds is 3. The zero-order valence-corrected chi connectivity index (χ0v) is 12.6. The molecule has 0 saturated heterocycles. The number of aromatic amines is 1. The number of nitrogens with zero attached hydrogens (tertiary/aromatic N) is 1. The molecular formula is C17H20N2O2. The molecule has 0 aliphatic heterocycles. The Bertz CT molecular complexity index is 692. The van der Waals surface area contributed by atoms with Gasteiger partial charge < -0.3 is 9.72 Å². The zero-order valence-electron chi connectivity index (χ0n) is 12.6. The standard InChI is InChI=1S/C17H20N2O2/c1-17(2,3)12-6-8-13(9-7-12)21-15-10-14(20)18-16(19-15)11-4-5-11/h6-11H,4-5H2,1-3H3,(H,18,19,20). The van der Waals surface area contributed by atoms with Gasteiger partial charge in [-0.05, 0) is 36.0 Å². The van der Waals surface area contributed by atoms with E-state index in [-0.39, 0.29) is 11.0 Å². The molecule has 4 heteroatoms. The second-order valence-corrected chi connectivity index (χ2v) is 6.62. The first-order chi connectivity index (χ1) is 9.91. The summed E-state index contributed by atoms with van der Waals surface area (Å²) in [5, 5.41) is 0. The van der Waals surface area contributed by atoms with Crippen LogP contribution >= 0.6 is 0 Å². The quantitative estimate of drug-likeness (QED) is 0.934. The van der Waals surface area contributed by atoms with Crippen LogP contribution in [0.5, 0.6) is 11.6 Å². The average molecular weight is 284 g/mol. The summed E-state index contributed by atoms with van der Waals surface area (Å²) in [6.45, 7) is 6.51. The van der Waals surface area contributed by atoms with E-state index >= 15 is 0 Å². The van der Waals surface area contributed by atoms with Crippen molar-refractivity contribution in [2.45, 2.75) is 44.9 Å². The Morgan fingerprint density at radius 1 is 1.19 bits per heavy atom. The van der Waals surface area contributed by atoms with E-state index < -0.39 is 0 Å². The Morgan fingerprint density at radius 3 is 2.43 bits per heavy atom. The molecule has 1 saturated carbocycles. The highest BCUT2D eigenvalue weighted by molar-refractivity contribution is 5.33. The Morgan fingerprint density at radius 2 is 1.86 bits per heavy atom. The molecule has 1 N–H and O–H groups in total. The lowest BCUT2D eigenvalue weighted by Gasteiger charge is -2.19. The Hall–Kier alpha value is -2.10. The van der Waals surface area contributed by atoms with Crippen LogP contribution in [0.25, 0.3) is 0 Å². The fourth-order valence-electron chi connectivity index (χ4n) is 2.20. The summed E-state index contributed by atoms with van der Waals surface area (Å²) < 4.78 is 5.71. The van der Waals surface area contributed by atoms with Gasteiger partial charge in [0, 0.05) is 5.92 Å². The summed E-state index contributed by atoms with van der Waals surface area (Å²) in [4.78, 5) is 18.8.